The van der Waals surface area contributed by atoms with Gasteiger partial charge in [-0.2, -0.15) is 0 Å². The molecular formula is C24H33FN4O2. The highest BCUT2D eigenvalue weighted by atomic mass is 19.1. The number of halogens is 1. The molecule has 2 aromatic rings. The lowest BCUT2D eigenvalue weighted by molar-refractivity contribution is -0.0212. The van der Waals surface area contributed by atoms with Gasteiger partial charge in [0.2, 0.25) is 0 Å². The second-order valence-electron chi connectivity index (χ2n) is 7.90. The summed E-state index contributed by atoms with van der Waals surface area (Å²) in [6.07, 6.45) is 0.0763. The Kier molecular flexibility index (Phi) is 8.67. The van der Waals surface area contributed by atoms with Crippen LogP contribution in [0.4, 0.5) is 4.39 Å². The Balaban J connectivity index is 1.45. The molecule has 7 heteroatoms. The Morgan fingerprint density at radius 3 is 2.81 bits per heavy atom. The molecule has 2 aromatic carbocycles. The third-order valence-corrected chi connectivity index (χ3v) is 5.13. The van der Waals surface area contributed by atoms with Gasteiger partial charge >= 0.3 is 0 Å². The van der Waals surface area contributed by atoms with Gasteiger partial charge in [0.05, 0.1) is 19.3 Å². The van der Waals surface area contributed by atoms with Gasteiger partial charge in [-0.25, -0.2) is 4.39 Å². The fourth-order valence-electron chi connectivity index (χ4n) is 3.58. The number of morpholine rings is 1. The van der Waals surface area contributed by atoms with E-state index in [1.807, 2.05) is 6.92 Å². The Hall–Kier alpha value is -2.64. The van der Waals surface area contributed by atoms with Crippen molar-refractivity contribution < 1.29 is 13.9 Å². The summed E-state index contributed by atoms with van der Waals surface area (Å²) in [6, 6.07) is 15.0. The van der Waals surface area contributed by atoms with E-state index in [0.717, 1.165) is 26.2 Å². The largest absolute Gasteiger partial charge is 0.486 e. The van der Waals surface area contributed by atoms with Gasteiger partial charge in [-0.3, -0.25) is 9.89 Å². The second kappa shape index (κ2) is 11.7. The van der Waals surface area contributed by atoms with E-state index in [1.54, 1.807) is 25.2 Å². The standard InChI is InChI=1S/C24H33FN4O2/c1-18(31-23-10-5-4-9-22(23)25)14-27-24(26-3)28-15-20-7-6-8-21(13-20)17-29-11-12-30-19(2)16-29/h4-10,13,18-19H,11-12,14-17H2,1-3H3,(H2,26,27,28). The molecule has 1 aliphatic heterocycles. The van der Waals surface area contributed by atoms with Crippen LogP contribution in [0.2, 0.25) is 0 Å². The maximum absolute atomic E-state index is 13.7. The molecule has 0 radical (unpaired) electrons. The zero-order chi connectivity index (χ0) is 22.1. The number of nitrogens with zero attached hydrogens (tertiary/aromatic N) is 2. The van der Waals surface area contributed by atoms with Gasteiger partial charge in [0.1, 0.15) is 6.10 Å². The number of rotatable bonds is 8. The molecule has 6 nitrogen and oxygen atoms in total. The number of para-hydroxylation sites is 1. The molecule has 1 heterocycles. The summed E-state index contributed by atoms with van der Waals surface area (Å²) in [5.74, 6) is 0.575. The lowest BCUT2D eigenvalue weighted by Crippen LogP contribution is -2.41. The van der Waals surface area contributed by atoms with Crippen molar-refractivity contribution >= 4 is 5.96 Å². The molecule has 0 bridgehead atoms. The fourth-order valence-corrected chi connectivity index (χ4v) is 3.58. The van der Waals surface area contributed by atoms with Crippen LogP contribution in [-0.2, 0) is 17.8 Å². The second-order valence-corrected chi connectivity index (χ2v) is 7.90. The topological polar surface area (TPSA) is 58.1 Å². The Morgan fingerprint density at radius 2 is 2.03 bits per heavy atom. The van der Waals surface area contributed by atoms with Crippen LogP contribution in [0.3, 0.4) is 0 Å². The average Bonchev–Trinajstić information content (AvgIpc) is 2.76. The molecule has 2 unspecified atom stereocenters. The number of nitrogens with one attached hydrogen (secondary N) is 2. The molecule has 0 aliphatic carbocycles. The van der Waals surface area contributed by atoms with E-state index >= 15 is 0 Å². The first-order chi connectivity index (χ1) is 15.0. The minimum atomic E-state index is -0.358. The van der Waals surface area contributed by atoms with Crippen molar-refractivity contribution in [3.8, 4) is 5.75 Å². The number of ether oxygens (including phenoxy) is 2. The highest BCUT2D eigenvalue weighted by Gasteiger charge is 2.16. The molecule has 168 valence electrons. The normalized spacial score (nSPS) is 18.5. The Bertz CT molecular complexity index is 861. The Labute approximate surface area is 184 Å². The SMILES string of the molecule is CN=C(NCc1cccc(CN2CCOC(C)C2)c1)NCC(C)Oc1ccccc1F. The maximum atomic E-state index is 13.7. The molecule has 31 heavy (non-hydrogen) atoms. The van der Waals surface area contributed by atoms with E-state index in [0.29, 0.717) is 19.0 Å². The first kappa shape index (κ1) is 23.0. The van der Waals surface area contributed by atoms with Crippen molar-refractivity contribution in [2.24, 2.45) is 4.99 Å². The summed E-state index contributed by atoms with van der Waals surface area (Å²) in [5.41, 5.74) is 2.49. The van der Waals surface area contributed by atoms with Gasteiger partial charge < -0.3 is 20.1 Å². The van der Waals surface area contributed by atoms with E-state index in [4.69, 9.17) is 9.47 Å². The summed E-state index contributed by atoms with van der Waals surface area (Å²) >= 11 is 0. The highest BCUT2D eigenvalue weighted by molar-refractivity contribution is 5.79. The summed E-state index contributed by atoms with van der Waals surface area (Å²) in [4.78, 5) is 6.70. The fraction of sp³-hybridized carbons (Fsp3) is 0.458. The van der Waals surface area contributed by atoms with Crippen LogP contribution < -0.4 is 15.4 Å². The van der Waals surface area contributed by atoms with Crippen LogP contribution in [0, 0.1) is 5.82 Å². The predicted octanol–water partition coefficient (Wildman–Crippen LogP) is 3.18. The van der Waals surface area contributed by atoms with Crippen molar-refractivity contribution in [3.63, 3.8) is 0 Å². The molecule has 0 aromatic heterocycles. The zero-order valence-electron chi connectivity index (χ0n) is 18.6. The van der Waals surface area contributed by atoms with Gasteiger partial charge in [-0.15, -0.1) is 0 Å². The smallest absolute Gasteiger partial charge is 0.191 e. The lowest BCUT2D eigenvalue weighted by atomic mass is 10.1. The third-order valence-electron chi connectivity index (χ3n) is 5.13. The molecule has 1 aliphatic rings. The van der Waals surface area contributed by atoms with E-state index in [-0.39, 0.29) is 23.8 Å². The van der Waals surface area contributed by atoms with Crippen molar-refractivity contribution in [3.05, 3.63) is 65.5 Å². The minimum Gasteiger partial charge on any atom is -0.486 e. The van der Waals surface area contributed by atoms with Crippen molar-refractivity contribution in [2.45, 2.75) is 39.1 Å². The maximum Gasteiger partial charge on any atom is 0.191 e. The van der Waals surface area contributed by atoms with Crippen molar-refractivity contribution in [1.29, 1.82) is 0 Å². The van der Waals surface area contributed by atoms with Crippen LogP contribution in [0.1, 0.15) is 25.0 Å². The summed E-state index contributed by atoms with van der Waals surface area (Å²) in [6.45, 7) is 8.83. The first-order valence-corrected chi connectivity index (χ1v) is 10.8. The molecule has 3 rings (SSSR count). The summed E-state index contributed by atoms with van der Waals surface area (Å²) in [5, 5.41) is 6.56. The molecule has 1 saturated heterocycles. The van der Waals surface area contributed by atoms with Crippen LogP contribution in [0.15, 0.2) is 53.5 Å². The highest BCUT2D eigenvalue weighted by Crippen LogP contribution is 2.16. The van der Waals surface area contributed by atoms with E-state index in [2.05, 4.69) is 51.7 Å². The van der Waals surface area contributed by atoms with Crippen molar-refractivity contribution in [2.75, 3.05) is 33.3 Å². The van der Waals surface area contributed by atoms with Gasteiger partial charge in [-0.05, 0) is 37.1 Å². The minimum absolute atomic E-state index is 0.213. The van der Waals surface area contributed by atoms with E-state index < -0.39 is 0 Å². The number of aliphatic imine (C=N–C) groups is 1. The predicted molar refractivity (Wildman–Crippen MR) is 122 cm³/mol. The van der Waals surface area contributed by atoms with E-state index in [9.17, 15) is 4.39 Å². The van der Waals surface area contributed by atoms with Crippen LogP contribution in [0.25, 0.3) is 0 Å². The number of guanidine groups is 1. The molecule has 0 amide bonds. The van der Waals surface area contributed by atoms with Gasteiger partial charge in [0.25, 0.3) is 0 Å². The van der Waals surface area contributed by atoms with Gasteiger partial charge in [0, 0.05) is 33.2 Å². The monoisotopic (exact) mass is 428 g/mol. The van der Waals surface area contributed by atoms with Crippen LogP contribution in [0.5, 0.6) is 5.75 Å². The molecule has 0 spiro atoms. The van der Waals surface area contributed by atoms with Gasteiger partial charge in [0.15, 0.2) is 17.5 Å². The first-order valence-electron chi connectivity index (χ1n) is 10.8. The number of hydrogen-bond donors (Lipinski definition) is 2. The molecule has 0 saturated carbocycles. The number of hydrogen-bond acceptors (Lipinski definition) is 4. The molecule has 2 atom stereocenters. The molecule has 2 N–H and O–H groups in total. The van der Waals surface area contributed by atoms with Gasteiger partial charge in [-0.1, -0.05) is 36.4 Å². The summed E-state index contributed by atoms with van der Waals surface area (Å²) < 4.78 is 25.0. The molecule has 1 fully saturated rings. The van der Waals surface area contributed by atoms with E-state index in [1.165, 1.54) is 17.2 Å². The van der Waals surface area contributed by atoms with Crippen molar-refractivity contribution in [1.82, 2.24) is 15.5 Å². The quantitative estimate of drug-likeness (QED) is 0.500. The van der Waals surface area contributed by atoms with Crippen LogP contribution >= 0.6 is 0 Å². The summed E-state index contributed by atoms with van der Waals surface area (Å²) in [7, 11) is 1.73. The Morgan fingerprint density at radius 1 is 1.23 bits per heavy atom. The third kappa shape index (κ3) is 7.52. The number of benzene rings is 2. The average molecular weight is 429 g/mol. The lowest BCUT2D eigenvalue weighted by Gasteiger charge is -2.31. The van der Waals surface area contributed by atoms with Crippen LogP contribution in [-0.4, -0.2) is 56.4 Å². The molecular weight excluding hydrogens is 395 g/mol. The zero-order valence-corrected chi connectivity index (χ0v) is 18.6.